The van der Waals surface area contributed by atoms with Crippen LogP contribution in [0.1, 0.15) is 92.8 Å². The van der Waals surface area contributed by atoms with Crippen LogP contribution in [0.4, 0.5) is 5.69 Å². The summed E-state index contributed by atoms with van der Waals surface area (Å²) < 4.78 is 15.4. The number of aryl methyl sites for hydroxylation is 1. The highest BCUT2D eigenvalue weighted by Crippen LogP contribution is 2.41. The van der Waals surface area contributed by atoms with Gasteiger partial charge in [-0.05, 0) is 56.4 Å². The number of anilines is 1. The molecule has 0 N–H and O–H groups in total. The third kappa shape index (κ3) is 6.57. The zero-order valence-corrected chi connectivity index (χ0v) is 24.5. The molecular weight excluding hydrogens is 508 g/mol. The van der Waals surface area contributed by atoms with Crippen molar-refractivity contribution >= 4 is 34.8 Å². The standard InChI is InChI=1S/C28H40N2O7S/c1-9-19(25(32)29(7)8)30(24(31)18-12-10-16(2)11-13-18)20-14-22(28(4,5)6)38-23(20)26(33)35-15-21-17(3)36-27(34)37-21/h14,16,18-19H,9-13,15H2,1-8H3/t16-,18-,19-/m0/s1. The summed E-state index contributed by atoms with van der Waals surface area (Å²) in [5, 5.41) is 0. The van der Waals surface area contributed by atoms with Gasteiger partial charge in [-0.2, -0.15) is 0 Å². The second kappa shape index (κ2) is 11.9. The van der Waals surface area contributed by atoms with E-state index in [1.807, 2.05) is 33.8 Å². The van der Waals surface area contributed by atoms with Gasteiger partial charge in [0.2, 0.25) is 11.8 Å². The molecule has 0 spiro atoms. The van der Waals surface area contributed by atoms with E-state index in [4.69, 9.17) is 13.6 Å². The summed E-state index contributed by atoms with van der Waals surface area (Å²) in [7, 11) is 3.33. The largest absolute Gasteiger partial charge is 0.519 e. The highest BCUT2D eigenvalue weighted by atomic mass is 32.1. The Labute approximate surface area is 228 Å². The maximum Gasteiger partial charge on any atom is 0.519 e. The number of nitrogens with zero attached hydrogens (tertiary/aromatic N) is 2. The van der Waals surface area contributed by atoms with Gasteiger partial charge in [-0.3, -0.25) is 14.5 Å². The molecule has 0 saturated heterocycles. The van der Waals surface area contributed by atoms with Gasteiger partial charge in [0, 0.05) is 24.9 Å². The molecule has 1 atom stereocenters. The highest BCUT2D eigenvalue weighted by Gasteiger charge is 2.39. The summed E-state index contributed by atoms with van der Waals surface area (Å²) in [6.45, 7) is 11.4. The number of esters is 1. The van der Waals surface area contributed by atoms with Crippen molar-refractivity contribution in [3.8, 4) is 0 Å². The molecule has 1 aliphatic carbocycles. The monoisotopic (exact) mass is 548 g/mol. The molecular formula is C28H40N2O7S. The minimum Gasteiger partial charge on any atom is -0.453 e. The second-order valence-electron chi connectivity index (χ2n) is 11.4. The van der Waals surface area contributed by atoms with E-state index in [9.17, 15) is 19.2 Å². The van der Waals surface area contributed by atoms with Crippen LogP contribution in [-0.2, 0) is 26.3 Å². The van der Waals surface area contributed by atoms with Gasteiger partial charge in [-0.25, -0.2) is 9.59 Å². The lowest BCUT2D eigenvalue weighted by molar-refractivity contribution is -0.133. The van der Waals surface area contributed by atoms with Crippen molar-refractivity contribution in [3.63, 3.8) is 0 Å². The van der Waals surface area contributed by atoms with Gasteiger partial charge in [0.1, 0.15) is 10.9 Å². The molecule has 0 unspecified atom stereocenters. The van der Waals surface area contributed by atoms with Crippen LogP contribution in [0.5, 0.6) is 0 Å². The van der Waals surface area contributed by atoms with Crippen LogP contribution in [0.2, 0.25) is 0 Å². The lowest BCUT2D eigenvalue weighted by Gasteiger charge is -2.36. The van der Waals surface area contributed by atoms with E-state index < -0.39 is 17.8 Å². The SMILES string of the molecule is CC[C@@H](C(=O)N(C)C)N(c1cc(C(C)(C)C)sc1C(=O)OCc1oc(=O)oc1C)C(=O)[C@H]1CC[C@H](C)CC1. The van der Waals surface area contributed by atoms with Crippen molar-refractivity contribution < 1.29 is 28.0 Å². The van der Waals surface area contributed by atoms with Gasteiger partial charge < -0.3 is 18.5 Å². The summed E-state index contributed by atoms with van der Waals surface area (Å²) >= 11 is 1.25. The van der Waals surface area contributed by atoms with Crippen molar-refractivity contribution in [1.29, 1.82) is 0 Å². The fourth-order valence-corrected chi connectivity index (χ4v) is 5.79. The molecule has 9 nitrogen and oxygen atoms in total. The minimum absolute atomic E-state index is 0.121. The molecule has 1 fully saturated rings. The Bertz CT molecular complexity index is 1210. The van der Waals surface area contributed by atoms with E-state index in [1.54, 1.807) is 25.9 Å². The maximum absolute atomic E-state index is 14.1. The summed E-state index contributed by atoms with van der Waals surface area (Å²) in [4.78, 5) is 56.5. The zero-order chi connectivity index (χ0) is 28.4. The Balaban J connectivity index is 2.08. The van der Waals surface area contributed by atoms with Crippen LogP contribution in [0.3, 0.4) is 0 Å². The number of ether oxygens (including phenoxy) is 1. The van der Waals surface area contributed by atoms with Crippen LogP contribution in [0, 0.1) is 18.8 Å². The van der Waals surface area contributed by atoms with E-state index in [-0.39, 0.29) is 46.2 Å². The molecule has 0 bridgehead atoms. The molecule has 0 aliphatic heterocycles. The Morgan fingerprint density at radius 2 is 1.76 bits per heavy atom. The van der Waals surface area contributed by atoms with E-state index in [2.05, 4.69) is 6.92 Å². The van der Waals surface area contributed by atoms with Crippen molar-refractivity contribution in [2.24, 2.45) is 11.8 Å². The van der Waals surface area contributed by atoms with E-state index >= 15 is 0 Å². The number of amides is 2. The van der Waals surface area contributed by atoms with Gasteiger partial charge in [0.25, 0.3) is 0 Å². The topological polar surface area (TPSA) is 110 Å². The molecule has 2 amide bonds. The molecule has 1 aliphatic rings. The third-order valence-corrected chi connectivity index (χ3v) is 8.62. The number of carbonyl (C=O) groups is 3. The zero-order valence-electron chi connectivity index (χ0n) is 23.7. The molecule has 0 aromatic carbocycles. The number of carbonyl (C=O) groups excluding carboxylic acids is 3. The fraction of sp³-hybridized carbons (Fsp3) is 0.643. The molecule has 38 heavy (non-hydrogen) atoms. The second-order valence-corrected chi connectivity index (χ2v) is 12.5. The predicted octanol–water partition coefficient (Wildman–Crippen LogP) is 5.28. The minimum atomic E-state index is -0.869. The number of hydrogen-bond donors (Lipinski definition) is 0. The Kier molecular flexibility index (Phi) is 9.28. The fourth-order valence-electron chi connectivity index (χ4n) is 4.69. The Morgan fingerprint density at radius 1 is 1.13 bits per heavy atom. The quantitative estimate of drug-likeness (QED) is 0.413. The smallest absolute Gasteiger partial charge is 0.453 e. The average molecular weight is 549 g/mol. The lowest BCUT2D eigenvalue weighted by atomic mass is 9.82. The van der Waals surface area contributed by atoms with Crippen molar-refractivity contribution in [3.05, 3.63) is 38.0 Å². The van der Waals surface area contributed by atoms with Crippen LogP contribution in [0.15, 0.2) is 19.7 Å². The van der Waals surface area contributed by atoms with Crippen molar-refractivity contribution in [2.45, 2.75) is 91.7 Å². The Hall–Kier alpha value is -2.88. The summed E-state index contributed by atoms with van der Waals surface area (Å²) in [6.07, 6.45) is 3.78. The molecule has 10 heteroatoms. The first-order valence-corrected chi connectivity index (χ1v) is 14.0. The molecule has 2 aromatic rings. The number of rotatable bonds is 8. The highest BCUT2D eigenvalue weighted by molar-refractivity contribution is 7.14. The van der Waals surface area contributed by atoms with Crippen LogP contribution in [-0.4, -0.2) is 42.8 Å². The first kappa shape index (κ1) is 29.7. The summed E-state index contributed by atoms with van der Waals surface area (Å²) in [6, 6.07) is 1.08. The molecule has 2 heterocycles. The average Bonchev–Trinajstić information content (AvgIpc) is 3.43. The molecule has 3 rings (SSSR count). The molecule has 0 radical (unpaired) electrons. The third-order valence-electron chi connectivity index (χ3n) is 7.09. The molecule has 2 aromatic heterocycles. The number of hydrogen-bond acceptors (Lipinski definition) is 8. The Morgan fingerprint density at radius 3 is 2.26 bits per heavy atom. The van der Waals surface area contributed by atoms with Gasteiger partial charge in [0.05, 0.1) is 5.69 Å². The van der Waals surface area contributed by atoms with Gasteiger partial charge in [-0.15, -0.1) is 11.3 Å². The summed E-state index contributed by atoms with van der Waals surface area (Å²) in [5.74, 6) is -1.18. The van der Waals surface area contributed by atoms with Gasteiger partial charge in [-0.1, -0.05) is 34.6 Å². The molecule has 1 saturated carbocycles. The normalized spacial score (nSPS) is 18.6. The summed E-state index contributed by atoms with van der Waals surface area (Å²) in [5.41, 5.74) is 0.0784. The number of likely N-dealkylation sites (N-methyl/N-ethyl adjacent to an activating group) is 1. The van der Waals surface area contributed by atoms with Crippen LogP contribution in [0.25, 0.3) is 0 Å². The maximum atomic E-state index is 14.1. The first-order valence-electron chi connectivity index (χ1n) is 13.2. The van der Waals surface area contributed by atoms with E-state index in [0.29, 0.717) is 18.0 Å². The van der Waals surface area contributed by atoms with Gasteiger partial charge in [0.15, 0.2) is 18.1 Å². The van der Waals surface area contributed by atoms with Crippen LogP contribution >= 0.6 is 11.3 Å². The van der Waals surface area contributed by atoms with Gasteiger partial charge >= 0.3 is 11.8 Å². The van der Waals surface area contributed by atoms with Crippen molar-refractivity contribution in [2.75, 3.05) is 19.0 Å². The first-order chi connectivity index (χ1) is 17.7. The molecule has 210 valence electrons. The van der Waals surface area contributed by atoms with E-state index in [0.717, 1.165) is 30.6 Å². The predicted molar refractivity (Wildman–Crippen MR) is 146 cm³/mol. The van der Waals surface area contributed by atoms with Crippen LogP contribution < -0.4 is 10.7 Å². The van der Waals surface area contributed by atoms with E-state index in [1.165, 1.54) is 16.2 Å². The van der Waals surface area contributed by atoms with Crippen molar-refractivity contribution in [1.82, 2.24) is 4.90 Å². The lowest BCUT2D eigenvalue weighted by Crippen LogP contribution is -2.51. The number of thiophene rings is 1.